The second-order valence-corrected chi connectivity index (χ2v) is 5.67. The molecule has 1 aliphatic heterocycles. The molecule has 1 fully saturated rings. The van der Waals surface area contributed by atoms with Crippen LogP contribution in [0.2, 0.25) is 0 Å². The van der Waals surface area contributed by atoms with Crippen LogP contribution in [0, 0.1) is 5.92 Å². The van der Waals surface area contributed by atoms with Crippen molar-refractivity contribution in [2.45, 2.75) is 51.2 Å². The fourth-order valence-electron chi connectivity index (χ4n) is 3.12. The lowest BCUT2D eigenvalue weighted by molar-refractivity contribution is -0.134. The maximum absolute atomic E-state index is 12.4. The zero-order valence-corrected chi connectivity index (χ0v) is 11.2. The highest BCUT2D eigenvalue weighted by molar-refractivity contribution is 5.76. The van der Waals surface area contributed by atoms with Gasteiger partial charge in [0.2, 0.25) is 5.91 Å². The first kappa shape index (κ1) is 12.6. The van der Waals surface area contributed by atoms with Crippen LogP contribution in [0.1, 0.15) is 37.9 Å². The zero-order chi connectivity index (χ0) is 13.2. The summed E-state index contributed by atoms with van der Waals surface area (Å²) >= 11 is 0. The van der Waals surface area contributed by atoms with Crippen molar-refractivity contribution >= 4 is 5.91 Å². The van der Waals surface area contributed by atoms with Crippen LogP contribution in [0.4, 0.5) is 0 Å². The first-order valence-electron chi connectivity index (χ1n) is 7.14. The van der Waals surface area contributed by atoms with Crippen molar-refractivity contribution < 1.29 is 4.79 Å². The number of hydrogen-bond acceptors (Lipinski definition) is 4. The molecule has 19 heavy (non-hydrogen) atoms. The lowest BCUT2D eigenvalue weighted by atomic mass is 9.82. The molecule has 2 unspecified atom stereocenters. The third-order valence-corrected chi connectivity index (χ3v) is 4.40. The molecular formula is C13H21N5O. The summed E-state index contributed by atoms with van der Waals surface area (Å²) in [6.07, 6.45) is 6.89. The van der Waals surface area contributed by atoms with E-state index in [4.69, 9.17) is 5.73 Å². The van der Waals surface area contributed by atoms with Crippen molar-refractivity contribution in [1.29, 1.82) is 0 Å². The smallest absolute Gasteiger partial charge is 0.223 e. The van der Waals surface area contributed by atoms with E-state index in [-0.39, 0.29) is 11.9 Å². The zero-order valence-electron chi connectivity index (χ0n) is 11.2. The normalized spacial score (nSPS) is 27.1. The number of amides is 1. The van der Waals surface area contributed by atoms with Crippen LogP contribution in [-0.4, -0.2) is 38.2 Å². The monoisotopic (exact) mass is 263 g/mol. The van der Waals surface area contributed by atoms with Gasteiger partial charge in [0.1, 0.15) is 6.33 Å². The Morgan fingerprint density at radius 1 is 1.37 bits per heavy atom. The first-order chi connectivity index (χ1) is 9.24. The lowest BCUT2D eigenvalue weighted by Crippen LogP contribution is -2.42. The highest BCUT2D eigenvalue weighted by Gasteiger charge is 2.28. The van der Waals surface area contributed by atoms with Crippen molar-refractivity contribution in [1.82, 2.24) is 19.7 Å². The molecule has 6 nitrogen and oxygen atoms in total. The standard InChI is InChI=1S/C13H21N5O/c14-11-4-2-1-3-10(11)7-13(19)17-5-6-18-9-15-16-12(18)8-17/h9-11H,1-8,14H2. The predicted molar refractivity (Wildman–Crippen MR) is 70.0 cm³/mol. The van der Waals surface area contributed by atoms with E-state index < -0.39 is 0 Å². The molecule has 1 aromatic rings. The molecule has 6 heteroatoms. The van der Waals surface area contributed by atoms with E-state index in [0.29, 0.717) is 18.9 Å². The van der Waals surface area contributed by atoms with Crippen LogP contribution in [-0.2, 0) is 17.9 Å². The SMILES string of the molecule is NC1CCCCC1CC(=O)N1CCn2cnnc2C1. The van der Waals surface area contributed by atoms with E-state index in [1.807, 2.05) is 9.47 Å². The summed E-state index contributed by atoms with van der Waals surface area (Å²) in [6.45, 7) is 2.14. The summed E-state index contributed by atoms with van der Waals surface area (Å²) in [5.41, 5.74) is 6.12. The van der Waals surface area contributed by atoms with E-state index in [9.17, 15) is 4.79 Å². The van der Waals surface area contributed by atoms with Crippen LogP contribution in [0.3, 0.4) is 0 Å². The third kappa shape index (κ3) is 2.63. The van der Waals surface area contributed by atoms with Crippen LogP contribution >= 0.6 is 0 Å². The molecular weight excluding hydrogens is 242 g/mol. The number of nitrogens with zero attached hydrogens (tertiary/aromatic N) is 4. The molecule has 0 bridgehead atoms. The average molecular weight is 263 g/mol. The van der Waals surface area contributed by atoms with Gasteiger partial charge in [0, 0.05) is 25.6 Å². The number of carbonyl (C=O) groups excluding carboxylic acids is 1. The van der Waals surface area contributed by atoms with Gasteiger partial charge in [-0.3, -0.25) is 4.79 Å². The van der Waals surface area contributed by atoms with Crippen LogP contribution in [0.15, 0.2) is 6.33 Å². The van der Waals surface area contributed by atoms with Gasteiger partial charge >= 0.3 is 0 Å². The van der Waals surface area contributed by atoms with Gasteiger partial charge in [0.25, 0.3) is 0 Å². The first-order valence-corrected chi connectivity index (χ1v) is 7.14. The molecule has 2 N–H and O–H groups in total. The summed E-state index contributed by atoms with van der Waals surface area (Å²) in [7, 11) is 0. The van der Waals surface area contributed by atoms with E-state index in [2.05, 4.69) is 10.2 Å². The molecule has 1 amide bonds. The fraction of sp³-hybridized carbons (Fsp3) is 0.769. The Kier molecular flexibility index (Phi) is 3.50. The number of hydrogen-bond donors (Lipinski definition) is 1. The average Bonchev–Trinajstić information content (AvgIpc) is 2.88. The largest absolute Gasteiger partial charge is 0.333 e. The lowest BCUT2D eigenvalue weighted by Gasteiger charge is -2.32. The molecule has 3 rings (SSSR count). The topological polar surface area (TPSA) is 77.0 Å². The van der Waals surface area contributed by atoms with E-state index in [1.165, 1.54) is 12.8 Å². The summed E-state index contributed by atoms with van der Waals surface area (Å²) in [6, 6.07) is 0.200. The molecule has 0 spiro atoms. The minimum atomic E-state index is 0.200. The third-order valence-electron chi connectivity index (χ3n) is 4.40. The molecule has 0 radical (unpaired) electrons. The highest BCUT2D eigenvalue weighted by atomic mass is 16.2. The van der Waals surface area contributed by atoms with Crippen LogP contribution < -0.4 is 5.73 Å². The highest BCUT2D eigenvalue weighted by Crippen LogP contribution is 2.26. The predicted octanol–water partition coefficient (Wildman–Crippen LogP) is 0.528. The number of aromatic nitrogens is 3. The minimum Gasteiger partial charge on any atom is -0.333 e. The summed E-state index contributed by atoms with van der Waals surface area (Å²) in [5, 5.41) is 7.93. The number of rotatable bonds is 2. The summed E-state index contributed by atoms with van der Waals surface area (Å²) in [4.78, 5) is 14.3. The van der Waals surface area contributed by atoms with Gasteiger partial charge in [0.05, 0.1) is 6.54 Å². The number of fused-ring (bicyclic) bond motifs is 1. The molecule has 1 aliphatic carbocycles. The second kappa shape index (κ2) is 5.28. The Bertz CT molecular complexity index is 458. The van der Waals surface area contributed by atoms with Crippen molar-refractivity contribution in [3.8, 4) is 0 Å². The molecule has 0 aromatic carbocycles. The quantitative estimate of drug-likeness (QED) is 0.844. The van der Waals surface area contributed by atoms with Crippen LogP contribution in [0.5, 0.6) is 0 Å². The van der Waals surface area contributed by atoms with E-state index in [1.54, 1.807) is 6.33 Å². The Hall–Kier alpha value is -1.43. The van der Waals surface area contributed by atoms with Gasteiger partial charge in [-0.2, -0.15) is 0 Å². The van der Waals surface area contributed by atoms with Gasteiger partial charge in [0.15, 0.2) is 5.82 Å². The molecule has 2 aliphatic rings. The Morgan fingerprint density at radius 2 is 2.21 bits per heavy atom. The second-order valence-electron chi connectivity index (χ2n) is 5.67. The van der Waals surface area contributed by atoms with Gasteiger partial charge < -0.3 is 15.2 Å². The van der Waals surface area contributed by atoms with Crippen molar-refractivity contribution in [3.05, 3.63) is 12.2 Å². The fourth-order valence-corrected chi connectivity index (χ4v) is 3.12. The maximum atomic E-state index is 12.4. The Balaban J connectivity index is 1.59. The number of nitrogens with two attached hydrogens (primary N) is 1. The van der Waals surface area contributed by atoms with Gasteiger partial charge in [-0.05, 0) is 18.8 Å². The van der Waals surface area contributed by atoms with Crippen molar-refractivity contribution in [2.24, 2.45) is 11.7 Å². The summed E-state index contributed by atoms with van der Waals surface area (Å²) in [5.74, 6) is 1.46. The van der Waals surface area contributed by atoms with Crippen LogP contribution in [0.25, 0.3) is 0 Å². The van der Waals surface area contributed by atoms with Gasteiger partial charge in [-0.1, -0.05) is 12.8 Å². The van der Waals surface area contributed by atoms with Crippen molar-refractivity contribution in [3.63, 3.8) is 0 Å². The number of carbonyl (C=O) groups is 1. The molecule has 104 valence electrons. The minimum absolute atomic E-state index is 0.200. The van der Waals surface area contributed by atoms with E-state index >= 15 is 0 Å². The molecule has 1 saturated carbocycles. The molecule has 1 aromatic heterocycles. The molecule has 2 heterocycles. The maximum Gasteiger partial charge on any atom is 0.223 e. The van der Waals surface area contributed by atoms with E-state index in [0.717, 1.165) is 31.8 Å². The molecule has 0 saturated heterocycles. The molecule has 2 atom stereocenters. The Labute approximate surface area is 113 Å². The summed E-state index contributed by atoms with van der Waals surface area (Å²) < 4.78 is 2.01. The van der Waals surface area contributed by atoms with Gasteiger partial charge in [-0.15, -0.1) is 10.2 Å². The van der Waals surface area contributed by atoms with Crippen molar-refractivity contribution in [2.75, 3.05) is 6.54 Å². The van der Waals surface area contributed by atoms with Gasteiger partial charge in [-0.25, -0.2) is 0 Å². The Morgan fingerprint density at radius 3 is 3.05 bits per heavy atom.